The molecular formula is C14H16N2O2S. The van der Waals surface area contributed by atoms with E-state index in [9.17, 15) is 4.79 Å². The van der Waals surface area contributed by atoms with Gasteiger partial charge in [-0.2, -0.15) is 0 Å². The predicted molar refractivity (Wildman–Crippen MR) is 73.9 cm³/mol. The van der Waals surface area contributed by atoms with Crippen molar-refractivity contribution < 1.29 is 9.53 Å². The first-order valence-corrected chi connectivity index (χ1v) is 7.14. The number of carbonyl (C=O) groups excluding carboxylic acids is 1. The number of hydrogen-bond acceptors (Lipinski definition) is 4. The molecule has 0 amide bonds. The number of fused-ring (bicyclic) bond motifs is 1. The van der Waals surface area contributed by atoms with Crippen LogP contribution in [0.3, 0.4) is 0 Å². The van der Waals surface area contributed by atoms with Crippen molar-refractivity contribution in [1.82, 2.24) is 9.55 Å². The summed E-state index contributed by atoms with van der Waals surface area (Å²) in [5.41, 5.74) is 3.32. The summed E-state index contributed by atoms with van der Waals surface area (Å²) in [5, 5.41) is 0. The Hall–Kier alpha value is -1.46. The molecule has 1 aliphatic rings. The van der Waals surface area contributed by atoms with Crippen molar-refractivity contribution in [2.24, 2.45) is 0 Å². The monoisotopic (exact) mass is 276 g/mol. The highest BCUT2D eigenvalue weighted by Crippen LogP contribution is 2.35. The summed E-state index contributed by atoms with van der Waals surface area (Å²) in [6, 6.07) is 1.92. The lowest BCUT2D eigenvalue weighted by atomic mass is 10.1. The van der Waals surface area contributed by atoms with Crippen molar-refractivity contribution in [3.05, 3.63) is 38.6 Å². The largest absolute Gasteiger partial charge is 0.364 e. The summed E-state index contributed by atoms with van der Waals surface area (Å²) in [7, 11) is 0. The van der Waals surface area contributed by atoms with Crippen molar-refractivity contribution >= 4 is 17.6 Å². The molecule has 0 aliphatic carbocycles. The molecule has 0 saturated carbocycles. The van der Waals surface area contributed by atoms with Crippen LogP contribution in [0, 0.1) is 20.8 Å². The number of aromatic nitrogens is 2. The van der Waals surface area contributed by atoms with Crippen LogP contribution in [0.1, 0.15) is 43.4 Å². The molecule has 5 heteroatoms. The smallest absolute Gasteiger partial charge is 0.160 e. The van der Waals surface area contributed by atoms with Gasteiger partial charge in [-0.1, -0.05) is 0 Å². The molecule has 19 heavy (non-hydrogen) atoms. The first kappa shape index (κ1) is 12.6. The zero-order valence-electron chi connectivity index (χ0n) is 11.3. The molecule has 3 heterocycles. The summed E-state index contributed by atoms with van der Waals surface area (Å²) in [6.45, 7) is 7.67. The third-order valence-electron chi connectivity index (χ3n) is 3.70. The normalized spacial score (nSPS) is 18.4. The Labute approximate surface area is 116 Å². The summed E-state index contributed by atoms with van der Waals surface area (Å²) in [6.07, 6.45) is 0.749. The molecule has 2 aromatic rings. The maximum Gasteiger partial charge on any atom is 0.160 e. The molecule has 1 unspecified atom stereocenters. The fraction of sp³-hybridized carbons (Fsp3) is 0.429. The second kappa shape index (κ2) is 4.58. The van der Waals surface area contributed by atoms with Gasteiger partial charge in [-0.25, -0.2) is 4.98 Å². The van der Waals surface area contributed by atoms with Gasteiger partial charge in [-0.3, -0.25) is 4.79 Å². The number of hydrogen-bond donors (Lipinski definition) is 0. The van der Waals surface area contributed by atoms with Crippen molar-refractivity contribution in [3.63, 3.8) is 0 Å². The zero-order valence-corrected chi connectivity index (χ0v) is 12.1. The standard InChI is InChI=1S/C14H16N2O2S/c1-8-9(2)16-4-5-18-13(14(16)15-8)12-6-11(7-17)19-10(12)3/h6-7,13H,4-5H2,1-3H3. The molecule has 0 bridgehead atoms. The summed E-state index contributed by atoms with van der Waals surface area (Å²) < 4.78 is 8.13. The van der Waals surface area contributed by atoms with E-state index in [1.165, 1.54) is 17.0 Å². The van der Waals surface area contributed by atoms with Crippen LogP contribution in [-0.2, 0) is 11.3 Å². The average molecular weight is 276 g/mol. The van der Waals surface area contributed by atoms with Gasteiger partial charge < -0.3 is 9.30 Å². The Kier molecular flexibility index (Phi) is 3.03. The molecular weight excluding hydrogens is 260 g/mol. The zero-order chi connectivity index (χ0) is 13.6. The molecule has 1 atom stereocenters. The lowest BCUT2D eigenvalue weighted by Gasteiger charge is -2.25. The fourth-order valence-corrected chi connectivity index (χ4v) is 3.44. The van der Waals surface area contributed by atoms with Crippen molar-refractivity contribution in [1.29, 1.82) is 0 Å². The van der Waals surface area contributed by atoms with E-state index in [2.05, 4.69) is 16.5 Å². The number of thiophene rings is 1. The summed E-state index contributed by atoms with van der Waals surface area (Å²) in [5.74, 6) is 0.958. The average Bonchev–Trinajstić information content (AvgIpc) is 2.91. The molecule has 0 radical (unpaired) electrons. The van der Waals surface area contributed by atoms with E-state index in [4.69, 9.17) is 4.74 Å². The maximum atomic E-state index is 10.9. The van der Waals surface area contributed by atoms with Gasteiger partial charge in [0, 0.05) is 22.7 Å². The van der Waals surface area contributed by atoms with Gasteiger partial charge in [-0.15, -0.1) is 11.3 Å². The number of imidazole rings is 1. The number of aryl methyl sites for hydroxylation is 2. The van der Waals surface area contributed by atoms with Crippen LogP contribution in [-0.4, -0.2) is 22.4 Å². The van der Waals surface area contributed by atoms with E-state index in [0.29, 0.717) is 6.61 Å². The van der Waals surface area contributed by atoms with Crippen LogP contribution in [0.4, 0.5) is 0 Å². The molecule has 100 valence electrons. The first-order chi connectivity index (χ1) is 9.11. The second-order valence-corrected chi connectivity index (χ2v) is 6.11. The van der Waals surface area contributed by atoms with Gasteiger partial charge in [0.05, 0.1) is 17.2 Å². The highest BCUT2D eigenvalue weighted by Gasteiger charge is 2.28. The SMILES string of the molecule is Cc1nc2n(c1C)CCOC2c1cc(C=O)sc1C. The minimum atomic E-state index is -0.147. The highest BCUT2D eigenvalue weighted by atomic mass is 32.1. The molecule has 0 fully saturated rings. The second-order valence-electron chi connectivity index (χ2n) is 4.82. The molecule has 2 aromatic heterocycles. The topological polar surface area (TPSA) is 44.1 Å². The minimum absolute atomic E-state index is 0.147. The van der Waals surface area contributed by atoms with Crippen LogP contribution in [0.2, 0.25) is 0 Å². The van der Waals surface area contributed by atoms with Crippen LogP contribution in [0.15, 0.2) is 6.07 Å². The lowest BCUT2D eigenvalue weighted by molar-refractivity contribution is 0.0423. The molecule has 0 N–H and O–H groups in total. The van der Waals surface area contributed by atoms with Crippen LogP contribution in [0.5, 0.6) is 0 Å². The number of aldehydes is 1. The van der Waals surface area contributed by atoms with E-state index in [0.717, 1.165) is 39.7 Å². The lowest BCUT2D eigenvalue weighted by Crippen LogP contribution is -2.23. The maximum absolute atomic E-state index is 10.9. The molecule has 4 nitrogen and oxygen atoms in total. The number of ether oxygens (including phenoxy) is 1. The number of carbonyl (C=O) groups is 1. The van der Waals surface area contributed by atoms with Gasteiger partial charge in [0.25, 0.3) is 0 Å². The molecule has 3 rings (SSSR count). The highest BCUT2D eigenvalue weighted by molar-refractivity contribution is 7.13. The third-order valence-corrected chi connectivity index (χ3v) is 4.69. The third kappa shape index (κ3) is 1.93. The Morgan fingerprint density at radius 1 is 1.47 bits per heavy atom. The van der Waals surface area contributed by atoms with E-state index in [-0.39, 0.29) is 6.10 Å². The van der Waals surface area contributed by atoms with Gasteiger partial charge in [0.1, 0.15) is 11.9 Å². The van der Waals surface area contributed by atoms with E-state index in [1.54, 1.807) is 0 Å². The van der Waals surface area contributed by atoms with E-state index >= 15 is 0 Å². The van der Waals surface area contributed by atoms with Crippen LogP contribution in [0.25, 0.3) is 0 Å². The number of nitrogens with zero attached hydrogens (tertiary/aromatic N) is 2. The van der Waals surface area contributed by atoms with Gasteiger partial charge >= 0.3 is 0 Å². The molecule has 0 saturated heterocycles. The Morgan fingerprint density at radius 2 is 2.26 bits per heavy atom. The predicted octanol–water partition coefficient (Wildman–Crippen LogP) is 2.80. The fourth-order valence-electron chi connectivity index (χ4n) is 2.57. The van der Waals surface area contributed by atoms with Gasteiger partial charge in [-0.05, 0) is 26.8 Å². The van der Waals surface area contributed by atoms with Gasteiger partial charge in [0.2, 0.25) is 0 Å². The van der Waals surface area contributed by atoms with E-state index in [1.807, 2.05) is 19.9 Å². The quantitative estimate of drug-likeness (QED) is 0.792. The van der Waals surface area contributed by atoms with Crippen LogP contribution >= 0.6 is 11.3 Å². The molecule has 0 aromatic carbocycles. The van der Waals surface area contributed by atoms with Crippen molar-refractivity contribution in [3.8, 4) is 0 Å². The Balaban J connectivity index is 2.10. The number of rotatable bonds is 2. The molecule has 1 aliphatic heterocycles. The summed E-state index contributed by atoms with van der Waals surface area (Å²) in [4.78, 5) is 17.4. The van der Waals surface area contributed by atoms with E-state index < -0.39 is 0 Å². The van der Waals surface area contributed by atoms with Gasteiger partial charge in [0.15, 0.2) is 6.29 Å². The molecule has 0 spiro atoms. The Bertz CT molecular complexity index is 642. The van der Waals surface area contributed by atoms with Crippen molar-refractivity contribution in [2.45, 2.75) is 33.4 Å². The van der Waals surface area contributed by atoms with Crippen LogP contribution < -0.4 is 0 Å². The Morgan fingerprint density at radius 3 is 2.95 bits per heavy atom. The first-order valence-electron chi connectivity index (χ1n) is 6.32. The van der Waals surface area contributed by atoms with Crippen molar-refractivity contribution in [2.75, 3.05) is 6.61 Å². The summed E-state index contributed by atoms with van der Waals surface area (Å²) >= 11 is 1.51. The minimum Gasteiger partial charge on any atom is -0.364 e.